The van der Waals surface area contributed by atoms with Crippen LogP contribution in [0, 0.1) is 0 Å². The molecule has 1 saturated heterocycles. The number of carbonyl (C=O) groups is 1. The normalized spacial score (nSPS) is 17.1. The molecule has 0 unspecified atom stereocenters. The van der Waals surface area contributed by atoms with Crippen molar-refractivity contribution in [2.24, 2.45) is 0 Å². The number of urea groups is 1. The van der Waals surface area contributed by atoms with Gasteiger partial charge in [-0.1, -0.05) is 49.5 Å². The number of nitrogens with one attached hydrogen (secondary N) is 1. The Balaban J connectivity index is 1.16. The van der Waals surface area contributed by atoms with Gasteiger partial charge in [-0.25, -0.2) is 4.79 Å². The highest BCUT2D eigenvalue weighted by Gasteiger charge is 2.23. The predicted molar refractivity (Wildman–Crippen MR) is 134 cm³/mol. The minimum Gasteiger partial charge on any atom is -0.368 e. The maximum atomic E-state index is 12.8. The van der Waals surface area contributed by atoms with Gasteiger partial charge in [-0.05, 0) is 55.2 Å². The highest BCUT2D eigenvalue weighted by atomic mass is 16.5. The van der Waals surface area contributed by atoms with E-state index in [1.54, 1.807) is 0 Å². The molecule has 0 spiro atoms. The van der Waals surface area contributed by atoms with E-state index in [1.807, 2.05) is 23.1 Å². The summed E-state index contributed by atoms with van der Waals surface area (Å²) in [4.78, 5) is 21.7. The number of aryl methyl sites for hydroxylation is 1. The van der Waals surface area contributed by atoms with Gasteiger partial charge in [-0.3, -0.25) is 0 Å². The van der Waals surface area contributed by atoms with Crippen LogP contribution in [0.1, 0.15) is 56.4 Å². The maximum Gasteiger partial charge on any atom is 0.321 e. The van der Waals surface area contributed by atoms with Crippen LogP contribution < -0.4 is 10.2 Å². The third-order valence-electron chi connectivity index (χ3n) is 7.09. The summed E-state index contributed by atoms with van der Waals surface area (Å²) >= 11 is 0. The van der Waals surface area contributed by atoms with Crippen molar-refractivity contribution in [1.82, 2.24) is 15.0 Å². The van der Waals surface area contributed by atoms with Crippen molar-refractivity contribution in [1.29, 1.82) is 0 Å². The fourth-order valence-electron chi connectivity index (χ4n) is 5.00. The number of amides is 2. The average Bonchev–Trinajstić information content (AvgIpc) is 3.40. The van der Waals surface area contributed by atoms with Crippen LogP contribution in [0.15, 0.2) is 53.1 Å². The molecule has 3 aromatic rings. The van der Waals surface area contributed by atoms with Gasteiger partial charge >= 0.3 is 6.03 Å². The van der Waals surface area contributed by atoms with Gasteiger partial charge < -0.3 is 19.6 Å². The van der Waals surface area contributed by atoms with Crippen molar-refractivity contribution in [3.05, 3.63) is 60.0 Å². The zero-order chi connectivity index (χ0) is 23.3. The van der Waals surface area contributed by atoms with Crippen molar-refractivity contribution in [2.75, 3.05) is 36.4 Å². The molecular formula is C27H33N5O2. The third-order valence-corrected chi connectivity index (χ3v) is 7.09. The second kappa shape index (κ2) is 10.3. The number of para-hydroxylation sites is 1. The van der Waals surface area contributed by atoms with E-state index in [0.717, 1.165) is 60.7 Å². The fourth-order valence-corrected chi connectivity index (χ4v) is 5.00. The summed E-state index contributed by atoms with van der Waals surface area (Å²) in [5.41, 5.74) is 4.18. The van der Waals surface area contributed by atoms with Crippen LogP contribution in [-0.4, -0.2) is 47.3 Å². The van der Waals surface area contributed by atoms with Crippen molar-refractivity contribution in [2.45, 2.75) is 51.4 Å². The second-order valence-corrected chi connectivity index (χ2v) is 9.25. The smallest absolute Gasteiger partial charge is 0.321 e. The molecule has 5 rings (SSSR count). The van der Waals surface area contributed by atoms with Crippen LogP contribution in [0.25, 0.3) is 11.4 Å². The van der Waals surface area contributed by atoms with E-state index in [2.05, 4.69) is 57.6 Å². The van der Waals surface area contributed by atoms with Gasteiger partial charge in [0.25, 0.3) is 0 Å². The SMILES string of the molecule is CCc1ccccc1NC(=O)N1CCN(c2ccc(-c3noc(C4CCCCC4)n3)cc2)CC1. The fraction of sp³-hybridized carbons (Fsp3) is 0.444. The largest absolute Gasteiger partial charge is 0.368 e. The Morgan fingerprint density at radius 2 is 1.74 bits per heavy atom. The molecule has 1 aliphatic carbocycles. The molecule has 7 heteroatoms. The summed E-state index contributed by atoms with van der Waals surface area (Å²) in [6.45, 7) is 5.09. The van der Waals surface area contributed by atoms with E-state index in [-0.39, 0.29) is 6.03 Å². The first-order chi connectivity index (χ1) is 16.7. The molecule has 7 nitrogen and oxygen atoms in total. The number of nitrogens with zero attached hydrogens (tertiary/aromatic N) is 4. The van der Waals surface area contributed by atoms with E-state index in [1.165, 1.54) is 19.3 Å². The molecular weight excluding hydrogens is 426 g/mol. The second-order valence-electron chi connectivity index (χ2n) is 9.25. The average molecular weight is 460 g/mol. The highest BCUT2D eigenvalue weighted by Crippen LogP contribution is 2.32. The monoisotopic (exact) mass is 459 g/mol. The molecule has 1 saturated carbocycles. The first kappa shape index (κ1) is 22.4. The van der Waals surface area contributed by atoms with Crippen molar-refractivity contribution < 1.29 is 9.32 Å². The quantitative estimate of drug-likeness (QED) is 0.530. The summed E-state index contributed by atoms with van der Waals surface area (Å²) in [5, 5.41) is 7.31. The number of carbonyl (C=O) groups excluding carboxylic acids is 1. The number of benzene rings is 2. The van der Waals surface area contributed by atoms with Crippen LogP contribution >= 0.6 is 0 Å². The minimum atomic E-state index is -0.0261. The lowest BCUT2D eigenvalue weighted by Gasteiger charge is -2.36. The Bertz CT molecular complexity index is 1100. The molecule has 178 valence electrons. The van der Waals surface area contributed by atoms with Gasteiger partial charge in [0.05, 0.1) is 0 Å². The molecule has 2 heterocycles. The molecule has 2 aromatic carbocycles. The Kier molecular flexibility index (Phi) is 6.79. The van der Waals surface area contributed by atoms with Crippen LogP contribution in [0.4, 0.5) is 16.2 Å². The molecule has 1 N–H and O–H groups in total. The van der Waals surface area contributed by atoms with Gasteiger partial charge in [0.2, 0.25) is 11.7 Å². The van der Waals surface area contributed by atoms with E-state index < -0.39 is 0 Å². The Morgan fingerprint density at radius 3 is 2.47 bits per heavy atom. The van der Waals surface area contributed by atoms with E-state index in [4.69, 9.17) is 4.52 Å². The third kappa shape index (κ3) is 4.93. The zero-order valence-corrected chi connectivity index (χ0v) is 19.9. The molecule has 1 aromatic heterocycles. The van der Waals surface area contributed by atoms with Crippen molar-refractivity contribution in [3.63, 3.8) is 0 Å². The summed E-state index contributed by atoms with van der Waals surface area (Å²) in [7, 11) is 0. The van der Waals surface area contributed by atoms with Gasteiger partial charge in [-0.2, -0.15) is 4.98 Å². The number of hydrogen-bond donors (Lipinski definition) is 1. The van der Waals surface area contributed by atoms with Crippen molar-refractivity contribution in [3.8, 4) is 11.4 Å². The summed E-state index contributed by atoms with van der Waals surface area (Å²) < 4.78 is 5.58. The standard InChI is InChI=1S/C27H33N5O2/c1-2-20-8-6-7-11-24(20)28-27(33)32-18-16-31(17-19-32)23-14-12-21(13-15-23)25-29-26(34-30-25)22-9-4-3-5-10-22/h6-8,11-15,22H,2-5,9-10,16-19H2,1H3,(H,28,33). The van der Waals surface area contributed by atoms with Crippen LogP contribution in [-0.2, 0) is 6.42 Å². The van der Waals surface area contributed by atoms with Crippen LogP contribution in [0.5, 0.6) is 0 Å². The molecule has 0 bridgehead atoms. The Morgan fingerprint density at radius 1 is 1.00 bits per heavy atom. The number of hydrogen-bond acceptors (Lipinski definition) is 5. The number of anilines is 2. The first-order valence-corrected chi connectivity index (χ1v) is 12.5. The summed E-state index contributed by atoms with van der Waals surface area (Å²) in [5.74, 6) is 1.87. The lowest BCUT2D eigenvalue weighted by atomic mass is 9.89. The Hall–Kier alpha value is -3.35. The number of piperazine rings is 1. The summed E-state index contributed by atoms with van der Waals surface area (Å²) in [6, 6.07) is 16.3. The van der Waals surface area contributed by atoms with E-state index >= 15 is 0 Å². The number of rotatable bonds is 5. The predicted octanol–water partition coefficient (Wildman–Crippen LogP) is 5.70. The zero-order valence-electron chi connectivity index (χ0n) is 19.9. The Labute approximate surface area is 201 Å². The lowest BCUT2D eigenvalue weighted by molar-refractivity contribution is 0.208. The molecule has 0 radical (unpaired) electrons. The van der Waals surface area contributed by atoms with Crippen LogP contribution in [0.3, 0.4) is 0 Å². The summed E-state index contributed by atoms with van der Waals surface area (Å²) in [6.07, 6.45) is 7.00. The molecule has 1 aliphatic heterocycles. The number of aromatic nitrogens is 2. The molecule has 2 aliphatic rings. The highest BCUT2D eigenvalue weighted by molar-refractivity contribution is 5.90. The van der Waals surface area contributed by atoms with Crippen molar-refractivity contribution >= 4 is 17.4 Å². The van der Waals surface area contributed by atoms with Gasteiger partial charge in [0.15, 0.2) is 0 Å². The molecule has 34 heavy (non-hydrogen) atoms. The minimum absolute atomic E-state index is 0.0261. The lowest BCUT2D eigenvalue weighted by Crippen LogP contribution is -2.50. The van der Waals surface area contributed by atoms with Gasteiger partial charge in [0.1, 0.15) is 0 Å². The maximum absolute atomic E-state index is 12.8. The topological polar surface area (TPSA) is 74.5 Å². The van der Waals surface area contributed by atoms with Gasteiger partial charge in [0, 0.05) is 49.0 Å². The molecule has 2 amide bonds. The molecule has 2 fully saturated rings. The molecule has 0 atom stereocenters. The van der Waals surface area contributed by atoms with E-state index in [0.29, 0.717) is 24.8 Å². The van der Waals surface area contributed by atoms with Crippen LogP contribution in [0.2, 0.25) is 0 Å². The first-order valence-electron chi connectivity index (χ1n) is 12.5. The van der Waals surface area contributed by atoms with E-state index in [9.17, 15) is 4.79 Å². The van der Waals surface area contributed by atoms with Gasteiger partial charge in [-0.15, -0.1) is 0 Å².